The van der Waals surface area contributed by atoms with Gasteiger partial charge in [0.25, 0.3) is 0 Å². The number of carbonyl (C=O) groups excluding carboxylic acids is 1. The van der Waals surface area contributed by atoms with Crippen LogP contribution in [0, 0.1) is 11.3 Å². The molecule has 0 aromatic rings. The Balaban J connectivity index is 1.76. The van der Waals surface area contributed by atoms with Gasteiger partial charge in [-0.05, 0) is 19.1 Å². The van der Waals surface area contributed by atoms with Crippen molar-refractivity contribution in [1.29, 1.82) is 0 Å². The van der Waals surface area contributed by atoms with Crippen LogP contribution in [0.15, 0.2) is 12.2 Å². The molecule has 5 heteroatoms. The molecule has 0 aromatic carbocycles. The van der Waals surface area contributed by atoms with Gasteiger partial charge in [0.2, 0.25) is 0 Å². The Labute approximate surface area is 119 Å². The molecule has 3 rings (SSSR count). The van der Waals surface area contributed by atoms with Gasteiger partial charge in [-0.3, -0.25) is 4.79 Å². The highest BCUT2D eigenvalue weighted by Gasteiger charge is 2.64. The molecule has 2 saturated heterocycles. The summed E-state index contributed by atoms with van der Waals surface area (Å²) in [5, 5.41) is 0. The van der Waals surface area contributed by atoms with E-state index in [9.17, 15) is 4.79 Å². The van der Waals surface area contributed by atoms with Gasteiger partial charge in [-0.2, -0.15) is 0 Å². The van der Waals surface area contributed by atoms with Crippen LogP contribution in [0.5, 0.6) is 0 Å². The minimum atomic E-state index is -0.835. The van der Waals surface area contributed by atoms with Gasteiger partial charge in [-0.25, -0.2) is 0 Å². The van der Waals surface area contributed by atoms with E-state index in [1.54, 1.807) is 6.92 Å². The third-order valence-corrected chi connectivity index (χ3v) is 4.20. The zero-order valence-corrected chi connectivity index (χ0v) is 12.3. The van der Waals surface area contributed by atoms with Gasteiger partial charge in [0.1, 0.15) is 5.60 Å². The predicted octanol–water partition coefficient (Wildman–Crippen LogP) is 1.66. The average molecular weight is 282 g/mol. The van der Waals surface area contributed by atoms with Crippen LogP contribution < -0.4 is 0 Å². The fraction of sp³-hybridized carbons (Fsp3) is 0.800. The van der Waals surface area contributed by atoms with Crippen LogP contribution in [0.25, 0.3) is 0 Å². The van der Waals surface area contributed by atoms with Crippen LogP contribution in [0.3, 0.4) is 0 Å². The van der Waals surface area contributed by atoms with Crippen molar-refractivity contribution in [2.24, 2.45) is 11.3 Å². The lowest BCUT2D eigenvalue weighted by Gasteiger charge is -2.44. The standard InChI is InChI=1S/C15H22O5/c1-4-17-12(16)7-11-14(10-18-14)5-6-15(11)19-8-13(2,3)9-20-15/h5-6,11H,4,7-10H2,1-3H3/t11-,14+/m0/s1. The lowest BCUT2D eigenvalue weighted by atomic mass is 9.86. The summed E-state index contributed by atoms with van der Waals surface area (Å²) in [4.78, 5) is 11.9. The largest absolute Gasteiger partial charge is 0.466 e. The van der Waals surface area contributed by atoms with Crippen LogP contribution in [-0.4, -0.2) is 43.8 Å². The lowest BCUT2D eigenvalue weighted by Crippen LogP contribution is -2.52. The van der Waals surface area contributed by atoms with Gasteiger partial charge in [0.05, 0.1) is 38.8 Å². The number of ether oxygens (including phenoxy) is 4. The first-order chi connectivity index (χ1) is 9.41. The highest BCUT2D eigenvalue weighted by Crippen LogP contribution is 2.53. The molecule has 5 nitrogen and oxygen atoms in total. The SMILES string of the molecule is CCOC(=O)C[C@@H]1C2(C=C[C@@]13CO3)OCC(C)(C)CO2. The van der Waals surface area contributed by atoms with Crippen molar-refractivity contribution in [2.75, 3.05) is 26.4 Å². The summed E-state index contributed by atoms with van der Waals surface area (Å²) in [5.74, 6) is -1.23. The van der Waals surface area contributed by atoms with Crippen LogP contribution in [0.4, 0.5) is 0 Å². The summed E-state index contributed by atoms with van der Waals surface area (Å²) in [5.41, 5.74) is -0.401. The van der Waals surface area contributed by atoms with Crippen LogP contribution >= 0.6 is 0 Å². The highest BCUT2D eigenvalue weighted by molar-refractivity contribution is 5.70. The van der Waals surface area contributed by atoms with Gasteiger partial charge >= 0.3 is 5.97 Å². The van der Waals surface area contributed by atoms with Gasteiger partial charge in [-0.15, -0.1) is 0 Å². The Morgan fingerprint density at radius 3 is 2.40 bits per heavy atom. The second kappa shape index (κ2) is 4.55. The Bertz CT molecular complexity index is 426. The number of hydrogen-bond acceptors (Lipinski definition) is 5. The maximum atomic E-state index is 11.9. The molecule has 2 spiro atoms. The molecule has 3 aliphatic rings. The monoisotopic (exact) mass is 282 g/mol. The van der Waals surface area contributed by atoms with E-state index in [0.717, 1.165) is 0 Å². The lowest BCUT2D eigenvalue weighted by molar-refractivity contribution is -0.296. The number of epoxide rings is 1. The first-order valence-electron chi connectivity index (χ1n) is 7.19. The summed E-state index contributed by atoms with van der Waals surface area (Å²) in [6.45, 7) is 8.21. The van der Waals surface area contributed by atoms with Crippen molar-refractivity contribution in [3.8, 4) is 0 Å². The summed E-state index contributed by atoms with van der Waals surface area (Å²) in [7, 11) is 0. The van der Waals surface area contributed by atoms with Crippen molar-refractivity contribution >= 4 is 5.97 Å². The second-order valence-corrected chi connectivity index (χ2v) is 6.60. The maximum Gasteiger partial charge on any atom is 0.306 e. The van der Waals surface area contributed by atoms with Crippen molar-refractivity contribution in [2.45, 2.75) is 38.6 Å². The van der Waals surface area contributed by atoms with Gasteiger partial charge in [0.15, 0.2) is 5.79 Å². The Morgan fingerprint density at radius 1 is 1.20 bits per heavy atom. The topological polar surface area (TPSA) is 57.3 Å². The molecule has 2 atom stereocenters. The number of rotatable bonds is 3. The molecule has 0 saturated carbocycles. The molecule has 2 heterocycles. The fourth-order valence-corrected chi connectivity index (χ4v) is 2.91. The molecule has 0 unspecified atom stereocenters. The molecule has 0 aromatic heterocycles. The number of esters is 1. The smallest absolute Gasteiger partial charge is 0.306 e. The Hall–Kier alpha value is -0.910. The van der Waals surface area contributed by atoms with Crippen molar-refractivity contribution in [3.05, 3.63) is 12.2 Å². The molecule has 0 radical (unpaired) electrons. The van der Waals surface area contributed by atoms with Crippen molar-refractivity contribution in [3.63, 3.8) is 0 Å². The molecule has 20 heavy (non-hydrogen) atoms. The van der Waals surface area contributed by atoms with Gasteiger partial charge < -0.3 is 18.9 Å². The molecule has 0 bridgehead atoms. The van der Waals surface area contributed by atoms with Gasteiger partial charge in [-0.1, -0.05) is 13.8 Å². The predicted molar refractivity (Wildman–Crippen MR) is 71.0 cm³/mol. The van der Waals surface area contributed by atoms with E-state index in [2.05, 4.69) is 13.8 Å². The Morgan fingerprint density at radius 2 is 1.85 bits per heavy atom. The normalized spacial score (nSPS) is 36.5. The van der Waals surface area contributed by atoms with E-state index in [1.807, 2.05) is 12.2 Å². The average Bonchev–Trinajstić information content (AvgIpc) is 3.11. The van der Waals surface area contributed by atoms with E-state index in [-0.39, 0.29) is 23.7 Å². The zero-order chi connectivity index (χ0) is 14.4. The van der Waals surface area contributed by atoms with E-state index >= 15 is 0 Å². The highest BCUT2D eigenvalue weighted by atomic mass is 16.7. The van der Waals surface area contributed by atoms with Crippen molar-refractivity contribution in [1.82, 2.24) is 0 Å². The third kappa shape index (κ3) is 2.28. The minimum absolute atomic E-state index is 0.00622. The number of hydrogen-bond donors (Lipinski definition) is 0. The van der Waals surface area contributed by atoms with E-state index in [0.29, 0.717) is 26.4 Å². The summed E-state index contributed by atoms with van der Waals surface area (Å²) in [6, 6.07) is 0. The molecule has 0 N–H and O–H groups in total. The third-order valence-electron chi connectivity index (χ3n) is 4.20. The second-order valence-electron chi connectivity index (χ2n) is 6.60. The fourth-order valence-electron chi connectivity index (χ4n) is 2.91. The summed E-state index contributed by atoms with van der Waals surface area (Å²) < 4.78 is 22.7. The zero-order valence-electron chi connectivity index (χ0n) is 12.3. The number of carbonyl (C=O) groups is 1. The quantitative estimate of drug-likeness (QED) is 0.448. The van der Waals surface area contributed by atoms with Crippen LogP contribution in [0.2, 0.25) is 0 Å². The molecule has 2 aliphatic heterocycles. The molecule has 2 fully saturated rings. The summed E-state index contributed by atoms with van der Waals surface area (Å²) in [6.07, 6.45) is 4.15. The van der Waals surface area contributed by atoms with Crippen molar-refractivity contribution < 1.29 is 23.7 Å². The van der Waals surface area contributed by atoms with Crippen LogP contribution in [0.1, 0.15) is 27.2 Å². The molecule has 0 amide bonds. The summed E-state index contributed by atoms with van der Waals surface area (Å²) >= 11 is 0. The Kier molecular flexibility index (Phi) is 3.19. The first-order valence-corrected chi connectivity index (χ1v) is 7.19. The van der Waals surface area contributed by atoms with E-state index in [4.69, 9.17) is 18.9 Å². The molecular formula is C15H22O5. The first kappa shape index (κ1) is 14.0. The molecule has 1 aliphatic carbocycles. The molecule has 112 valence electrons. The minimum Gasteiger partial charge on any atom is -0.466 e. The van der Waals surface area contributed by atoms with Gasteiger partial charge in [0, 0.05) is 5.41 Å². The molecular weight excluding hydrogens is 260 g/mol. The van der Waals surface area contributed by atoms with Crippen LogP contribution in [-0.2, 0) is 23.7 Å². The maximum absolute atomic E-state index is 11.9. The van der Waals surface area contributed by atoms with E-state index in [1.165, 1.54) is 0 Å². The van der Waals surface area contributed by atoms with E-state index < -0.39 is 11.4 Å².